The first-order valence-corrected chi connectivity index (χ1v) is 3.63. The molecular weight excluding hydrogens is 130 g/mol. The van der Waals surface area contributed by atoms with Gasteiger partial charge in [0.25, 0.3) is 0 Å². The predicted molar refractivity (Wildman–Crippen MR) is 39.1 cm³/mol. The predicted octanol–water partition coefficient (Wildman–Crippen LogP) is 0.00970. The second-order valence-corrected chi connectivity index (χ2v) is 2.61. The van der Waals surface area contributed by atoms with Crippen LogP contribution in [0.2, 0.25) is 0 Å². The fraction of sp³-hybridized carbons (Fsp3) is 1.00. The normalized spacial score (nSPS) is 34.2. The van der Waals surface area contributed by atoms with E-state index in [0.29, 0.717) is 12.2 Å². The molecular formula is C7H15NO2. The van der Waals surface area contributed by atoms with Crippen LogP contribution in [0, 0.1) is 0 Å². The zero-order chi connectivity index (χ0) is 7.40. The van der Waals surface area contributed by atoms with Gasteiger partial charge in [-0.2, -0.15) is 0 Å². The van der Waals surface area contributed by atoms with Gasteiger partial charge in [-0.05, 0) is 0 Å². The Morgan fingerprint density at radius 3 is 2.00 bits per heavy atom. The third-order valence-electron chi connectivity index (χ3n) is 1.94. The summed E-state index contributed by atoms with van der Waals surface area (Å²) in [5.74, 6) is 0. The van der Waals surface area contributed by atoms with Crippen molar-refractivity contribution in [3.63, 3.8) is 0 Å². The van der Waals surface area contributed by atoms with Crippen LogP contribution in [0.1, 0.15) is 6.42 Å². The van der Waals surface area contributed by atoms with Gasteiger partial charge < -0.3 is 14.8 Å². The second kappa shape index (κ2) is 3.91. The summed E-state index contributed by atoms with van der Waals surface area (Å²) in [7, 11) is 3.48. The lowest BCUT2D eigenvalue weighted by molar-refractivity contribution is 0.00126. The first-order chi connectivity index (χ1) is 4.86. The lowest BCUT2D eigenvalue weighted by Crippen LogP contribution is -2.43. The fourth-order valence-electron chi connectivity index (χ4n) is 1.22. The smallest absolute Gasteiger partial charge is 0.0720 e. The van der Waals surface area contributed by atoms with Crippen molar-refractivity contribution in [2.75, 3.05) is 27.3 Å². The molecule has 1 aliphatic rings. The zero-order valence-electron chi connectivity index (χ0n) is 6.59. The summed E-state index contributed by atoms with van der Waals surface area (Å²) in [6.07, 6.45) is 1.68. The van der Waals surface area contributed by atoms with E-state index in [4.69, 9.17) is 9.47 Å². The van der Waals surface area contributed by atoms with E-state index < -0.39 is 0 Å². The number of methoxy groups -OCH3 is 2. The Bertz CT molecular complexity index is 87.6. The maximum atomic E-state index is 5.18. The molecule has 1 fully saturated rings. The van der Waals surface area contributed by atoms with E-state index >= 15 is 0 Å². The number of hydrogen-bond donors (Lipinski definition) is 1. The SMILES string of the molecule is CO[C@@H]1CNC[C@@H](OC)C1. The minimum Gasteiger partial charge on any atom is -0.380 e. The van der Waals surface area contributed by atoms with E-state index in [9.17, 15) is 0 Å². The van der Waals surface area contributed by atoms with Gasteiger partial charge in [-0.15, -0.1) is 0 Å². The summed E-state index contributed by atoms with van der Waals surface area (Å²) < 4.78 is 10.4. The summed E-state index contributed by atoms with van der Waals surface area (Å²) in [6, 6.07) is 0. The Morgan fingerprint density at radius 1 is 1.10 bits per heavy atom. The summed E-state index contributed by atoms with van der Waals surface area (Å²) in [6.45, 7) is 1.91. The Hall–Kier alpha value is -0.120. The Kier molecular flexibility index (Phi) is 3.12. The van der Waals surface area contributed by atoms with Gasteiger partial charge in [-0.1, -0.05) is 0 Å². The number of piperidine rings is 1. The molecule has 1 rings (SSSR count). The van der Waals surface area contributed by atoms with Crippen molar-refractivity contribution in [3.8, 4) is 0 Å². The summed E-state index contributed by atoms with van der Waals surface area (Å²) in [5, 5.41) is 3.24. The molecule has 3 heteroatoms. The van der Waals surface area contributed by atoms with E-state index in [-0.39, 0.29) is 0 Å². The van der Waals surface area contributed by atoms with Gasteiger partial charge in [0.15, 0.2) is 0 Å². The van der Waals surface area contributed by atoms with Crippen LogP contribution in [0.4, 0.5) is 0 Å². The lowest BCUT2D eigenvalue weighted by Gasteiger charge is -2.27. The average Bonchev–Trinajstić information content (AvgIpc) is 2.05. The molecule has 60 valence electrons. The van der Waals surface area contributed by atoms with E-state index in [0.717, 1.165) is 19.5 Å². The van der Waals surface area contributed by atoms with Crippen molar-refractivity contribution in [3.05, 3.63) is 0 Å². The Balaban J connectivity index is 2.25. The van der Waals surface area contributed by atoms with Crippen molar-refractivity contribution in [1.29, 1.82) is 0 Å². The third-order valence-corrected chi connectivity index (χ3v) is 1.94. The molecule has 3 nitrogen and oxygen atoms in total. The average molecular weight is 145 g/mol. The quantitative estimate of drug-likeness (QED) is 0.593. The third kappa shape index (κ3) is 1.94. The number of ether oxygens (including phenoxy) is 2. The molecule has 1 aliphatic heterocycles. The standard InChI is InChI=1S/C7H15NO2/c1-9-6-3-7(10-2)5-8-4-6/h6-8H,3-5H2,1-2H3/t6-,7-/m0/s1. The molecule has 0 spiro atoms. The molecule has 1 saturated heterocycles. The molecule has 2 atom stereocenters. The minimum absolute atomic E-state index is 0.332. The molecule has 0 aromatic rings. The topological polar surface area (TPSA) is 30.5 Å². The molecule has 0 aromatic carbocycles. The number of nitrogens with one attached hydrogen (secondary N) is 1. The maximum absolute atomic E-state index is 5.18. The summed E-state index contributed by atoms with van der Waals surface area (Å²) >= 11 is 0. The molecule has 1 heterocycles. The van der Waals surface area contributed by atoms with Crippen LogP contribution in [-0.2, 0) is 9.47 Å². The Morgan fingerprint density at radius 2 is 1.60 bits per heavy atom. The molecule has 0 aromatic heterocycles. The fourth-order valence-corrected chi connectivity index (χ4v) is 1.22. The first-order valence-electron chi connectivity index (χ1n) is 3.63. The van der Waals surface area contributed by atoms with Crippen LogP contribution in [-0.4, -0.2) is 39.5 Å². The van der Waals surface area contributed by atoms with E-state index in [1.807, 2.05) is 0 Å². The monoisotopic (exact) mass is 145 g/mol. The largest absolute Gasteiger partial charge is 0.380 e. The molecule has 0 bridgehead atoms. The van der Waals surface area contributed by atoms with Crippen LogP contribution in [0.5, 0.6) is 0 Å². The van der Waals surface area contributed by atoms with Crippen LogP contribution < -0.4 is 5.32 Å². The summed E-state index contributed by atoms with van der Waals surface area (Å²) in [4.78, 5) is 0. The molecule has 0 saturated carbocycles. The van der Waals surface area contributed by atoms with E-state index in [1.165, 1.54) is 0 Å². The van der Waals surface area contributed by atoms with Crippen molar-refractivity contribution < 1.29 is 9.47 Å². The van der Waals surface area contributed by atoms with Crippen molar-refractivity contribution in [2.24, 2.45) is 0 Å². The molecule has 0 radical (unpaired) electrons. The molecule has 0 aliphatic carbocycles. The zero-order valence-corrected chi connectivity index (χ0v) is 6.59. The van der Waals surface area contributed by atoms with Gasteiger partial charge in [0.05, 0.1) is 12.2 Å². The highest BCUT2D eigenvalue weighted by atomic mass is 16.5. The highest BCUT2D eigenvalue weighted by molar-refractivity contribution is 4.76. The first kappa shape index (κ1) is 7.98. The van der Waals surface area contributed by atoms with Gasteiger partial charge in [0, 0.05) is 33.7 Å². The van der Waals surface area contributed by atoms with Crippen LogP contribution in [0.25, 0.3) is 0 Å². The minimum atomic E-state index is 0.332. The van der Waals surface area contributed by atoms with Crippen molar-refractivity contribution in [1.82, 2.24) is 5.32 Å². The van der Waals surface area contributed by atoms with Crippen LogP contribution in [0.3, 0.4) is 0 Å². The highest BCUT2D eigenvalue weighted by Crippen LogP contribution is 2.07. The van der Waals surface area contributed by atoms with Gasteiger partial charge in [0.1, 0.15) is 0 Å². The van der Waals surface area contributed by atoms with Gasteiger partial charge in [-0.3, -0.25) is 0 Å². The van der Waals surface area contributed by atoms with Crippen LogP contribution in [0.15, 0.2) is 0 Å². The maximum Gasteiger partial charge on any atom is 0.0720 e. The summed E-state index contributed by atoms with van der Waals surface area (Å²) in [5.41, 5.74) is 0. The number of rotatable bonds is 2. The Labute approximate surface area is 61.7 Å². The highest BCUT2D eigenvalue weighted by Gasteiger charge is 2.20. The van der Waals surface area contributed by atoms with Gasteiger partial charge in [-0.25, -0.2) is 0 Å². The molecule has 0 amide bonds. The van der Waals surface area contributed by atoms with Crippen molar-refractivity contribution >= 4 is 0 Å². The lowest BCUT2D eigenvalue weighted by atomic mass is 10.1. The van der Waals surface area contributed by atoms with Crippen molar-refractivity contribution in [2.45, 2.75) is 18.6 Å². The van der Waals surface area contributed by atoms with Gasteiger partial charge in [0.2, 0.25) is 0 Å². The van der Waals surface area contributed by atoms with E-state index in [1.54, 1.807) is 14.2 Å². The molecule has 1 N–H and O–H groups in total. The van der Waals surface area contributed by atoms with Gasteiger partial charge >= 0.3 is 0 Å². The van der Waals surface area contributed by atoms with Crippen LogP contribution >= 0.6 is 0 Å². The second-order valence-electron chi connectivity index (χ2n) is 2.61. The molecule has 0 unspecified atom stereocenters. The number of hydrogen-bond acceptors (Lipinski definition) is 3. The molecule has 10 heavy (non-hydrogen) atoms. The van der Waals surface area contributed by atoms with E-state index in [2.05, 4.69) is 5.32 Å².